The van der Waals surface area contributed by atoms with Gasteiger partial charge in [-0.25, -0.2) is 13.1 Å². The van der Waals surface area contributed by atoms with E-state index >= 15 is 0 Å². The van der Waals surface area contributed by atoms with Crippen molar-refractivity contribution in [2.24, 2.45) is 5.92 Å². The van der Waals surface area contributed by atoms with Crippen molar-refractivity contribution in [2.75, 3.05) is 32.0 Å². The Hall–Kier alpha value is -0.170. The van der Waals surface area contributed by atoms with Crippen LogP contribution in [0.4, 0.5) is 0 Å². The Bertz CT molecular complexity index is 379. The number of likely N-dealkylation sites (N-methyl/N-ethyl adjacent to an activating group) is 1. The van der Waals surface area contributed by atoms with E-state index in [-0.39, 0.29) is 17.9 Å². The summed E-state index contributed by atoms with van der Waals surface area (Å²) in [5, 5.41) is 0. The predicted octanol–water partition coefficient (Wildman–Crippen LogP) is 0.815. The summed E-state index contributed by atoms with van der Waals surface area (Å²) in [6.07, 6.45) is 2.87. The standard InChI is InChI=1S/C13H26N2O3S/c1-3-15-8-11(2)13(9-15)14-19(16,17)10-12-6-4-5-7-18-12/h11-14H,3-10H2,1-2H3/t11-,12+,13-/m0/s1. The first-order valence-electron chi connectivity index (χ1n) is 7.34. The third-order valence-electron chi connectivity index (χ3n) is 4.15. The molecule has 0 bridgehead atoms. The highest BCUT2D eigenvalue weighted by Crippen LogP contribution is 2.18. The first-order valence-corrected chi connectivity index (χ1v) is 8.99. The molecule has 0 spiro atoms. The highest BCUT2D eigenvalue weighted by molar-refractivity contribution is 7.89. The molecule has 2 fully saturated rings. The molecule has 0 unspecified atom stereocenters. The van der Waals surface area contributed by atoms with Gasteiger partial charge in [0.1, 0.15) is 0 Å². The van der Waals surface area contributed by atoms with Crippen molar-refractivity contribution in [1.29, 1.82) is 0 Å². The number of hydrogen-bond donors (Lipinski definition) is 1. The first-order chi connectivity index (χ1) is 9.00. The highest BCUT2D eigenvalue weighted by Gasteiger charge is 2.32. The zero-order valence-corrected chi connectivity index (χ0v) is 12.8. The molecule has 19 heavy (non-hydrogen) atoms. The van der Waals surface area contributed by atoms with E-state index in [9.17, 15) is 8.42 Å². The van der Waals surface area contributed by atoms with E-state index in [2.05, 4.69) is 23.5 Å². The number of likely N-dealkylation sites (tertiary alicyclic amines) is 1. The molecule has 2 rings (SSSR count). The van der Waals surface area contributed by atoms with Crippen LogP contribution in [0.2, 0.25) is 0 Å². The van der Waals surface area contributed by atoms with E-state index in [0.29, 0.717) is 12.5 Å². The van der Waals surface area contributed by atoms with E-state index in [1.807, 2.05) is 0 Å². The van der Waals surface area contributed by atoms with Crippen LogP contribution in [-0.4, -0.2) is 57.5 Å². The second-order valence-electron chi connectivity index (χ2n) is 5.82. The average Bonchev–Trinajstić information content (AvgIpc) is 2.70. The molecule has 112 valence electrons. The molecule has 3 atom stereocenters. The van der Waals surface area contributed by atoms with Crippen molar-refractivity contribution in [1.82, 2.24) is 9.62 Å². The Morgan fingerprint density at radius 3 is 2.68 bits per heavy atom. The fourth-order valence-corrected chi connectivity index (χ4v) is 4.56. The lowest BCUT2D eigenvalue weighted by atomic mass is 10.1. The number of ether oxygens (including phenoxy) is 1. The molecule has 1 N–H and O–H groups in total. The zero-order valence-electron chi connectivity index (χ0n) is 12.0. The van der Waals surface area contributed by atoms with Gasteiger partial charge in [0.15, 0.2) is 0 Å². The van der Waals surface area contributed by atoms with Gasteiger partial charge in [-0.05, 0) is 31.7 Å². The minimum Gasteiger partial charge on any atom is -0.377 e. The van der Waals surface area contributed by atoms with E-state index in [4.69, 9.17) is 4.74 Å². The van der Waals surface area contributed by atoms with Crippen LogP contribution in [0.5, 0.6) is 0 Å². The molecule has 0 aromatic rings. The van der Waals surface area contributed by atoms with E-state index in [1.54, 1.807) is 0 Å². The minimum absolute atomic E-state index is 0.0496. The molecule has 6 heteroatoms. The van der Waals surface area contributed by atoms with Gasteiger partial charge < -0.3 is 9.64 Å². The maximum absolute atomic E-state index is 12.2. The predicted molar refractivity (Wildman–Crippen MR) is 75.6 cm³/mol. The molecular weight excluding hydrogens is 264 g/mol. The molecule has 0 aromatic carbocycles. The van der Waals surface area contributed by atoms with Gasteiger partial charge >= 0.3 is 0 Å². The van der Waals surface area contributed by atoms with E-state index in [1.165, 1.54) is 0 Å². The van der Waals surface area contributed by atoms with Gasteiger partial charge in [0.05, 0.1) is 11.9 Å². The quantitative estimate of drug-likeness (QED) is 0.814. The summed E-state index contributed by atoms with van der Waals surface area (Å²) in [4.78, 5) is 2.29. The summed E-state index contributed by atoms with van der Waals surface area (Å²) in [7, 11) is -3.23. The largest absolute Gasteiger partial charge is 0.377 e. The topological polar surface area (TPSA) is 58.6 Å². The van der Waals surface area contributed by atoms with Crippen LogP contribution in [0.25, 0.3) is 0 Å². The van der Waals surface area contributed by atoms with E-state index in [0.717, 1.165) is 38.9 Å². The molecule has 2 saturated heterocycles. The SMILES string of the molecule is CCN1C[C@H](NS(=O)(=O)C[C@H]2CCCCO2)[C@@H](C)C1. The summed E-state index contributed by atoms with van der Waals surface area (Å²) >= 11 is 0. The molecule has 0 saturated carbocycles. The van der Waals surface area contributed by atoms with Crippen LogP contribution in [0, 0.1) is 5.92 Å². The normalized spacial score (nSPS) is 33.7. The lowest BCUT2D eigenvalue weighted by molar-refractivity contribution is 0.0303. The van der Waals surface area contributed by atoms with Gasteiger partial charge in [0.2, 0.25) is 10.0 Å². The summed E-state index contributed by atoms with van der Waals surface area (Å²) in [6, 6.07) is 0.0496. The van der Waals surface area contributed by atoms with Crippen molar-refractivity contribution in [3.8, 4) is 0 Å². The summed E-state index contributed by atoms with van der Waals surface area (Å²) < 4.78 is 32.8. The van der Waals surface area contributed by atoms with Gasteiger partial charge in [0, 0.05) is 25.7 Å². The smallest absolute Gasteiger partial charge is 0.214 e. The number of hydrogen-bond acceptors (Lipinski definition) is 4. The van der Waals surface area contributed by atoms with E-state index < -0.39 is 10.0 Å². The highest BCUT2D eigenvalue weighted by atomic mass is 32.2. The van der Waals surface area contributed by atoms with Gasteiger partial charge in [-0.2, -0.15) is 0 Å². The minimum atomic E-state index is -3.23. The molecule has 2 heterocycles. The van der Waals surface area contributed by atoms with Crippen molar-refractivity contribution in [3.63, 3.8) is 0 Å². The third-order valence-corrected chi connectivity index (χ3v) is 5.62. The Morgan fingerprint density at radius 1 is 1.32 bits per heavy atom. The Labute approximate surface area is 116 Å². The fraction of sp³-hybridized carbons (Fsp3) is 1.00. The number of sulfonamides is 1. The van der Waals surface area contributed by atoms with Crippen LogP contribution < -0.4 is 4.72 Å². The van der Waals surface area contributed by atoms with Gasteiger partial charge in [-0.1, -0.05) is 13.8 Å². The van der Waals surface area contributed by atoms with Crippen molar-refractivity contribution < 1.29 is 13.2 Å². The average molecular weight is 290 g/mol. The van der Waals surface area contributed by atoms with Crippen molar-refractivity contribution in [2.45, 2.75) is 45.3 Å². The molecule has 0 radical (unpaired) electrons. The van der Waals surface area contributed by atoms with Crippen molar-refractivity contribution >= 4 is 10.0 Å². The third kappa shape index (κ3) is 4.41. The van der Waals surface area contributed by atoms with Crippen LogP contribution in [0.1, 0.15) is 33.1 Å². The molecular formula is C13H26N2O3S. The van der Waals surface area contributed by atoms with Crippen LogP contribution >= 0.6 is 0 Å². The molecule has 0 aromatic heterocycles. The Kier molecular flexibility index (Phi) is 5.22. The summed E-state index contributed by atoms with van der Waals surface area (Å²) in [5.74, 6) is 0.490. The Balaban J connectivity index is 1.86. The summed E-state index contributed by atoms with van der Waals surface area (Å²) in [5.41, 5.74) is 0. The zero-order chi connectivity index (χ0) is 13.9. The maximum atomic E-state index is 12.2. The van der Waals surface area contributed by atoms with Crippen LogP contribution in [0.3, 0.4) is 0 Å². The molecule has 2 aliphatic rings. The van der Waals surface area contributed by atoms with Crippen molar-refractivity contribution in [3.05, 3.63) is 0 Å². The van der Waals surface area contributed by atoms with Gasteiger partial charge in [0.25, 0.3) is 0 Å². The monoisotopic (exact) mass is 290 g/mol. The number of nitrogens with zero attached hydrogens (tertiary/aromatic N) is 1. The summed E-state index contributed by atoms with van der Waals surface area (Å²) in [6.45, 7) is 7.70. The second-order valence-corrected chi connectivity index (χ2v) is 7.62. The Morgan fingerprint density at radius 2 is 2.11 bits per heavy atom. The fourth-order valence-electron chi connectivity index (χ4n) is 2.94. The lowest BCUT2D eigenvalue weighted by Crippen LogP contribution is -2.43. The van der Waals surface area contributed by atoms with Gasteiger partial charge in [-0.15, -0.1) is 0 Å². The number of rotatable bonds is 5. The van der Waals surface area contributed by atoms with Crippen LogP contribution in [0.15, 0.2) is 0 Å². The second kappa shape index (κ2) is 6.52. The first kappa shape index (κ1) is 15.2. The maximum Gasteiger partial charge on any atom is 0.214 e. The molecule has 0 aliphatic carbocycles. The van der Waals surface area contributed by atoms with Gasteiger partial charge in [-0.3, -0.25) is 0 Å². The lowest BCUT2D eigenvalue weighted by Gasteiger charge is -2.24. The molecule has 0 amide bonds. The number of nitrogens with one attached hydrogen (secondary N) is 1. The molecule has 5 nitrogen and oxygen atoms in total. The van der Waals surface area contributed by atoms with Crippen LogP contribution in [-0.2, 0) is 14.8 Å². The molecule has 2 aliphatic heterocycles.